The Morgan fingerprint density at radius 1 is 1.33 bits per heavy atom. The first-order valence-electron chi connectivity index (χ1n) is 7.98. The van der Waals surface area contributed by atoms with Crippen LogP contribution in [0.4, 0.5) is 4.79 Å². The average molecular weight is 298 g/mol. The lowest BCUT2D eigenvalue weighted by Crippen LogP contribution is -2.48. The molecule has 5 nitrogen and oxygen atoms in total. The minimum absolute atomic E-state index is 0.0987. The van der Waals surface area contributed by atoms with Gasteiger partial charge >= 0.3 is 6.09 Å². The van der Waals surface area contributed by atoms with Gasteiger partial charge in [0.05, 0.1) is 12.2 Å². The number of fused-ring (bicyclic) bond motifs is 1. The minimum atomic E-state index is -0.252. The predicted octanol–water partition coefficient (Wildman–Crippen LogP) is 2.50. The van der Waals surface area contributed by atoms with Crippen LogP contribution in [0, 0.1) is 0 Å². The Kier molecular flexibility index (Phi) is 4.83. The molecule has 0 bridgehead atoms. The Hall–Kier alpha value is -0.810. The van der Waals surface area contributed by atoms with Crippen LogP contribution in [0.2, 0.25) is 0 Å². The molecule has 0 aromatic rings. The van der Waals surface area contributed by atoms with Crippen LogP contribution >= 0.6 is 0 Å². The molecule has 0 aromatic heterocycles. The van der Waals surface area contributed by atoms with Crippen LogP contribution in [0.5, 0.6) is 0 Å². The first-order valence-corrected chi connectivity index (χ1v) is 7.98. The SMILES string of the molecule is CN(C)C(=O)OCC1CCC2(COC(C)(C)C)CCCN12. The highest BCUT2D eigenvalue weighted by Crippen LogP contribution is 2.43. The number of nitrogens with zero attached hydrogens (tertiary/aromatic N) is 2. The first-order chi connectivity index (χ1) is 9.73. The summed E-state index contributed by atoms with van der Waals surface area (Å²) in [5, 5.41) is 0. The van der Waals surface area contributed by atoms with Gasteiger partial charge in [-0.25, -0.2) is 4.79 Å². The van der Waals surface area contributed by atoms with Crippen molar-refractivity contribution in [1.29, 1.82) is 0 Å². The third-order valence-corrected chi connectivity index (χ3v) is 4.57. The van der Waals surface area contributed by atoms with Gasteiger partial charge in [-0.05, 0) is 53.0 Å². The Labute approximate surface area is 128 Å². The van der Waals surface area contributed by atoms with Gasteiger partial charge in [-0.15, -0.1) is 0 Å². The molecule has 0 radical (unpaired) electrons. The van der Waals surface area contributed by atoms with Crippen LogP contribution in [-0.4, -0.2) is 66.9 Å². The highest BCUT2D eigenvalue weighted by Gasteiger charge is 2.49. The van der Waals surface area contributed by atoms with Gasteiger partial charge in [-0.2, -0.15) is 0 Å². The van der Waals surface area contributed by atoms with Gasteiger partial charge in [-0.1, -0.05) is 0 Å². The third kappa shape index (κ3) is 3.89. The summed E-state index contributed by atoms with van der Waals surface area (Å²) in [6.07, 6.45) is 4.39. The van der Waals surface area contributed by atoms with Crippen molar-refractivity contribution in [3.63, 3.8) is 0 Å². The van der Waals surface area contributed by atoms with Gasteiger partial charge in [0.1, 0.15) is 6.61 Å². The van der Waals surface area contributed by atoms with E-state index in [0.717, 1.165) is 26.0 Å². The molecule has 0 aliphatic carbocycles. The quantitative estimate of drug-likeness (QED) is 0.800. The fourth-order valence-electron chi connectivity index (χ4n) is 3.44. The molecule has 0 N–H and O–H groups in total. The van der Waals surface area contributed by atoms with Gasteiger partial charge in [0.15, 0.2) is 0 Å². The number of carbonyl (C=O) groups excluding carboxylic acids is 1. The Bertz CT molecular complexity index is 378. The lowest BCUT2D eigenvalue weighted by Gasteiger charge is -2.37. The van der Waals surface area contributed by atoms with E-state index in [0.29, 0.717) is 12.6 Å². The molecule has 21 heavy (non-hydrogen) atoms. The summed E-state index contributed by atoms with van der Waals surface area (Å²) >= 11 is 0. The largest absolute Gasteiger partial charge is 0.448 e. The summed E-state index contributed by atoms with van der Waals surface area (Å²) in [5.41, 5.74) is 0.0704. The molecule has 122 valence electrons. The van der Waals surface area contributed by atoms with E-state index in [1.165, 1.54) is 17.7 Å². The minimum Gasteiger partial charge on any atom is -0.448 e. The van der Waals surface area contributed by atoms with Gasteiger partial charge < -0.3 is 14.4 Å². The smallest absolute Gasteiger partial charge is 0.409 e. The summed E-state index contributed by atoms with van der Waals surface area (Å²) in [5.74, 6) is 0. The van der Waals surface area contributed by atoms with Crippen LogP contribution in [0.25, 0.3) is 0 Å². The molecule has 2 aliphatic rings. The Morgan fingerprint density at radius 2 is 2.05 bits per heavy atom. The second-order valence-corrected chi connectivity index (χ2v) is 7.59. The lowest BCUT2D eigenvalue weighted by molar-refractivity contribution is -0.0593. The zero-order valence-electron chi connectivity index (χ0n) is 14.1. The van der Waals surface area contributed by atoms with Crippen molar-refractivity contribution < 1.29 is 14.3 Å². The van der Waals surface area contributed by atoms with E-state index in [1.807, 2.05) is 0 Å². The van der Waals surface area contributed by atoms with Crippen molar-refractivity contribution >= 4 is 6.09 Å². The molecule has 2 unspecified atom stereocenters. The molecule has 2 heterocycles. The Balaban J connectivity index is 1.92. The highest BCUT2D eigenvalue weighted by molar-refractivity contribution is 5.66. The molecule has 1 amide bonds. The number of ether oxygens (including phenoxy) is 2. The molecule has 5 heteroatoms. The van der Waals surface area contributed by atoms with Crippen molar-refractivity contribution in [3.05, 3.63) is 0 Å². The van der Waals surface area contributed by atoms with Crippen LogP contribution in [0.3, 0.4) is 0 Å². The number of hydrogen-bond donors (Lipinski definition) is 0. The maximum atomic E-state index is 11.6. The summed E-state index contributed by atoms with van der Waals surface area (Å²) in [4.78, 5) is 15.6. The standard InChI is InChI=1S/C16H30N2O3/c1-15(2,3)21-12-16-8-6-10-18(16)13(7-9-16)11-20-14(19)17(4)5/h13H,6-12H2,1-5H3. The number of hydrogen-bond acceptors (Lipinski definition) is 4. The number of rotatable bonds is 4. The topological polar surface area (TPSA) is 42.0 Å². The lowest BCUT2D eigenvalue weighted by atomic mass is 9.95. The molecule has 0 spiro atoms. The molecular formula is C16H30N2O3. The van der Waals surface area contributed by atoms with Crippen molar-refractivity contribution in [1.82, 2.24) is 9.80 Å². The summed E-state index contributed by atoms with van der Waals surface area (Å²) < 4.78 is 11.5. The van der Waals surface area contributed by atoms with E-state index in [-0.39, 0.29) is 17.2 Å². The molecule has 2 saturated heterocycles. The number of amides is 1. The average Bonchev–Trinajstić information content (AvgIpc) is 2.92. The highest BCUT2D eigenvalue weighted by atomic mass is 16.6. The van der Waals surface area contributed by atoms with Gasteiger partial charge in [0, 0.05) is 25.7 Å². The second kappa shape index (κ2) is 6.13. The fourth-order valence-corrected chi connectivity index (χ4v) is 3.44. The molecule has 2 fully saturated rings. The zero-order valence-corrected chi connectivity index (χ0v) is 14.1. The van der Waals surface area contributed by atoms with E-state index < -0.39 is 0 Å². The fraction of sp³-hybridized carbons (Fsp3) is 0.938. The molecule has 0 aromatic carbocycles. The first kappa shape index (κ1) is 16.6. The summed E-state index contributed by atoms with van der Waals surface area (Å²) in [6, 6.07) is 0.347. The van der Waals surface area contributed by atoms with E-state index in [2.05, 4.69) is 25.7 Å². The van der Waals surface area contributed by atoms with E-state index in [1.54, 1.807) is 14.1 Å². The summed E-state index contributed by atoms with van der Waals surface area (Å²) in [7, 11) is 3.43. The third-order valence-electron chi connectivity index (χ3n) is 4.57. The molecule has 0 saturated carbocycles. The molecule has 2 atom stereocenters. The molecule has 2 aliphatic heterocycles. The van der Waals surface area contributed by atoms with Crippen molar-refractivity contribution in [3.8, 4) is 0 Å². The van der Waals surface area contributed by atoms with Gasteiger partial charge in [0.25, 0.3) is 0 Å². The van der Waals surface area contributed by atoms with Crippen LogP contribution < -0.4 is 0 Å². The zero-order chi connectivity index (χ0) is 15.7. The normalized spacial score (nSPS) is 29.5. The number of carbonyl (C=O) groups is 1. The Morgan fingerprint density at radius 3 is 2.67 bits per heavy atom. The van der Waals surface area contributed by atoms with Crippen molar-refractivity contribution in [2.75, 3.05) is 33.9 Å². The monoisotopic (exact) mass is 298 g/mol. The van der Waals surface area contributed by atoms with E-state index in [4.69, 9.17) is 9.47 Å². The van der Waals surface area contributed by atoms with Crippen LogP contribution in [-0.2, 0) is 9.47 Å². The predicted molar refractivity (Wildman–Crippen MR) is 82.4 cm³/mol. The van der Waals surface area contributed by atoms with Gasteiger partial charge in [-0.3, -0.25) is 4.90 Å². The van der Waals surface area contributed by atoms with Crippen LogP contribution in [0.1, 0.15) is 46.5 Å². The molecular weight excluding hydrogens is 268 g/mol. The van der Waals surface area contributed by atoms with E-state index >= 15 is 0 Å². The summed E-state index contributed by atoms with van der Waals surface area (Å²) in [6.45, 7) is 8.69. The van der Waals surface area contributed by atoms with Crippen molar-refractivity contribution in [2.24, 2.45) is 0 Å². The van der Waals surface area contributed by atoms with Crippen molar-refractivity contribution in [2.45, 2.75) is 63.6 Å². The van der Waals surface area contributed by atoms with Gasteiger partial charge in [0.2, 0.25) is 0 Å². The van der Waals surface area contributed by atoms with E-state index in [9.17, 15) is 4.79 Å². The second-order valence-electron chi connectivity index (χ2n) is 7.59. The van der Waals surface area contributed by atoms with Crippen LogP contribution in [0.15, 0.2) is 0 Å². The maximum Gasteiger partial charge on any atom is 0.409 e. The molecule has 2 rings (SSSR count). The maximum absolute atomic E-state index is 11.6.